The smallest absolute Gasteiger partial charge is 0.237 e. The zero-order valence-corrected chi connectivity index (χ0v) is 76.1. The van der Waals surface area contributed by atoms with Gasteiger partial charge in [-0.25, -0.2) is 9.13 Å². The third-order valence-corrected chi connectivity index (χ3v) is 27.4. The van der Waals surface area contributed by atoms with Crippen LogP contribution in [0.25, 0.3) is 160 Å². The predicted octanol–water partition coefficient (Wildman–Crippen LogP) is 25.9. The Hall–Kier alpha value is -14.6. The number of nitrogens with zero attached hydrogens (tertiary/aromatic N) is 10. The Balaban J connectivity index is 0.000000104. The van der Waals surface area contributed by atoms with Crippen LogP contribution in [0.4, 0.5) is 0 Å². The second-order valence-electron chi connectivity index (χ2n) is 36.0. The summed E-state index contributed by atoms with van der Waals surface area (Å²) in [5.41, 5.74) is 33.5. The average molecular weight is 1660 g/mol. The molecular formula is C117H111N10+5. The fourth-order valence-electron chi connectivity index (χ4n) is 20.3. The summed E-state index contributed by atoms with van der Waals surface area (Å²) in [5.74, 6) is 2.91. The Morgan fingerprint density at radius 2 is 0.693 bits per heavy atom. The summed E-state index contributed by atoms with van der Waals surface area (Å²) in [6, 6.07) is 124. The summed E-state index contributed by atoms with van der Waals surface area (Å²) in [6.45, 7) is 27.1. The first-order chi connectivity index (χ1) is 61.5. The van der Waals surface area contributed by atoms with Gasteiger partial charge < -0.3 is 0 Å². The third kappa shape index (κ3) is 13.8. The first-order valence-corrected chi connectivity index (χ1v) is 44.6. The molecule has 0 radical (unpaired) electrons. The summed E-state index contributed by atoms with van der Waals surface area (Å²) >= 11 is 0. The molecular weight excluding hydrogens is 1550 g/mol. The Kier molecular flexibility index (Phi) is 21.2. The van der Waals surface area contributed by atoms with Crippen LogP contribution in [0.5, 0.6) is 0 Å². The molecule has 0 spiro atoms. The van der Waals surface area contributed by atoms with Gasteiger partial charge in [0.2, 0.25) is 17.1 Å². The topological polar surface area (TPSA) is 43.0 Å². The summed E-state index contributed by atoms with van der Waals surface area (Å²) in [4.78, 5) is 0. The highest BCUT2D eigenvalue weighted by molar-refractivity contribution is 6.18. The average Bonchev–Trinajstić information content (AvgIpc) is 1.62. The van der Waals surface area contributed by atoms with Gasteiger partial charge in [0.15, 0.2) is 21.1 Å². The van der Waals surface area contributed by atoms with Crippen molar-refractivity contribution in [1.29, 1.82) is 0 Å². The fourth-order valence-corrected chi connectivity index (χ4v) is 20.3. The standard InChI is InChI=1S/C29H23N2.C23H19N2.C23H27N2.C22H23N2.C20H19N2/c1-20-12-11-19-24-23-17-9-10-18-25(23)29-26(21-13-5-3-6-14-21)28(22-15-7-4-8-16-22)30(2)31(29)27(20)24;1-16-9-8-14-20-18-12-6-7-13-19(18)22-15-21(17-10-4-3-5-11-17)24(2)25(22)23(16)20;1-16-11-10-14-18-21(16)25-20(23(4,5)22(18,2)3)15-19(24(25)6)17-12-8-7-9-13-17;1-15(2)17-12-13-23(4)21(14-17)24-20-11-6-5-9-18(20)19-10-7-8-16(3)22(19)24;1-14-11-12-19(21(3)13-14)22-18-10-5-4-8-16(18)17-9-6-7-15(2)20(17)22/h3-19H,1-2H3;3-15H,1-2H3;7-15H,1-6H3;5-15H,1-4H3;4-13H,1-3H3/q5*+1. The molecule has 0 fully saturated rings. The normalized spacial score (nSPS) is 12.6. The number of hydrogen-bond acceptors (Lipinski definition) is 0. The minimum Gasteiger partial charge on any atom is -0.237 e. The van der Waals surface area contributed by atoms with Crippen molar-refractivity contribution in [1.82, 2.24) is 22.8 Å². The summed E-state index contributed by atoms with van der Waals surface area (Å²) in [7, 11) is 10.7. The molecule has 22 aromatic rings. The molecule has 23 rings (SSSR count). The van der Waals surface area contributed by atoms with Crippen LogP contribution < -0.4 is 23.2 Å². The summed E-state index contributed by atoms with van der Waals surface area (Å²) < 4.78 is 23.3. The number of hydrogen-bond donors (Lipinski definition) is 0. The molecule has 13 aromatic carbocycles. The van der Waals surface area contributed by atoms with Gasteiger partial charge in [0.1, 0.15) is 49.8 Å². The highest BCUT2D eigenvalue weighted by Gasteiger charge is 2.50. The van der Waals surface area contributed by atoms with E-state index in [1.807, 2.05) is 0 Å². The predicted molar refractivity (Wildman–Crippen MR) is 528 cm³/mol. The number of pyridine rings is 4. The maximum Gasteiger partial charge on any atom is 0.286 e. The van der Waals surface area contributed by atoms with E-state index in [1.165, 1.54) is 210 Å². The maximum absolute atomic E-state index is 2.43. The van der Waals surface area contributed by atoms with E-state index < -0.39 is 0 Å². The molecule has 0 saturated heterocycles. The molecule has 624 valence electrons. The number of para-hydroxylation sites is 7. The molecule has 0 atom stereocenters. The lowest BCUT2D eigenvalue weighted by Gasteiger charge is -2.46. The molecule has 0 saturated carbocycles. The lowest BCUT2D eigenvalue weighted by molar-refractivity contribution is -0.735. The Labute approximate surface area is 744 Å². The number of benzene rings is 13. The zero-order valence-electron chi connectivity index (χ0n) is 76.1. The van der Waals surface area contributed by atoms with Crippen LogP contribution in [0.15, 0.2) is 358 Å². The highest BCUT2D eigenvalue weighted by atomic mass is 15.4. The lowest BCUT2D eigenvalue weighted by Crippen LogP contribution is -2.51. The van der Waals surface area contributed by atoms with Crippen molar-refractivity contribution in [2.45, 2.75) is 99.8 Å². The van der Waals surface area contributed by atoms with E-state index in [9.17, 15) is 0 Å². The van der Waals surface area contributed by atoms with Crippen LogP contribution in [0.2, 0.25) is 0 Å². The molecule has 10 heterocycles. The van der Waals surface area contributed by atoms with Crippen LogP contribution in [-0.2, 0) is 46.1 Å². The SMILES string of the molecule is Cc1ccc(-n2c3ccccc3c3cccc(C)c32)[n+](C)c1.Cc1cccc2c1-n1c(cc(-c3ccccc3)[n+]1C)C(C)(C)C2(C)C.Cc1cccc2c3ccccc3c3c(-c4ccccc4)c(-c4ccccc4)[n+](C)n3c12.Cc1cccc2c3ccccc3c3cc(-c4ccccc4)[n+](C)n3c12.Cc1cccc2c3ccccc3n(-c3cc(C(C)C)cc[n+]3C)c12. The monoisotopic (exact) mass is 1660 g/mol. The molecule has 0 aliphatic carbocycles. The fraction of sp³-hybridized carbons (Fsp3) is 0.171. The second-order valence-corrected chi connectivity index (χ2v) is 36.0. The number of aryl methyl sites for hydroxylation is 10. The van der Waals surface area contributed by atoms with Crippen LogP contribution in [0, 0.1) is 41.5 Å². The quantitative estimate of drug-likeness (QED) is 0.113. The molecule has 1 aliphatic rings. The van der Waals surface area contributed by atoms with Crippen molar-refractivity contribution in [3.63, 3.8) is 0 Å². The molecule has 0 bridgehead atoms. The molecule has 1 aliphatic heterocycles. The van der Waals surface area contributed by atoms with Crippen LogP contribution in [0.3, 0.4) is 0 Å². The van der Waals surface area contributed by atoms with E-state index in [1.54, 1.807) is 0 Å². The largest absolute Gasteiger partial charge is 0.286 e. The Bertz CT molecular complexity index is 8030. The van der Waals surface area contributed by atoms with E-state index >= 15 is 0 Å². The van der Waals surface area contributed by atoms with Gasteiger partial charge in [0.05, 0.1) is 37.7 Å². The van der Waals surface area contributed by atoms with E-state index in [0.29, 0.717) is 5.92 Å². The lowest BCUT2D eigenvalue weighted by atomic mass is 9.60. The van der Waals surface area contributed by atoms with Crippen molar-refractivity contribution in [3.05, 3.63) is 408 Å². The number of aromatic nitrogens is 10. The van der Waals surface area contributed by atoms with E-state index in [-0.39, 0.29) is 10.8 Å². The minimum atomic E-state index is 0.0264. The van der Waals surface area contributed by atoms with Gasteiger partial charge in [-0.3, -0.25) is 0 Å². The highest BCUT2D eigenvalue weighted by Crippen LogP contribution is 2.51. The second kappa shape index (κ2) is 32.8. The third-order valence-electron chi connectivity index (χ3n) is 27.4. The van der Waals surface area contributed by atoms with Gasteiger partial charge in [-0.15, -0.1) is 27.8 Å². The first-order valence-electron chi connectivity index (χ1n) is 44.6. The zero-order chi connectivity index (χ0) is 88.0. The van der Waals surface area contributed by atoms with Crippen LogP contribution in [-0.4, -0.2) is 22.8 Å². The Morgan fingerprint density at radius 3 is 1.21 bits per heavy atom. The van der Waals surface area contributed by atoms with Crippen molar-refractivity contribution in [2.75, 3.05) is 0 Å². The van der Waals surface area contributed by atoms with Gasteiger partial charge in [0.25, 0.3) is 11.6 Å². The van der Waals surface area contributed by atoms with Gasteiger partial charge in [0, 0.05) is 94.9 Å². The molecule has 0 unspecified atom stereocenters. The van der Waals surface area contributed by atoms with Crippen molar-refractivity contribution < 1.29 is 23.2 Å². The summed E-state index contributed by atoms with van der Waals surface area (Å²) in [6.07, 6.45) is 4.34. The molecule has 127 heavy (non-hydrogen) atoms. The van der Waals surface area contributed by atoms with Crippen molar-refractivity contribution in [2.24, 2.45) is 35.2 Å². The van der Waals surface area contributed by atoms with Gasteiger partial charge >= 0.3 is 0 Å². The van der Waals surface area contributed by atoms with Gasteiger partial charge in [-0.05, 0) is 193 Å². The molecule has 10 heteroatoms. The van der Waals surface area contributed by atoms with Gasteiger partial charge in [-0.2, -0.15) is 9.13 Å². The van der Waals surface area contributed by atoms with Crippen molar-refractivity contribution >= 4 is 98.0 Å². The number of rotatable bonds is 7. The maximum atomic E-state index is 2.43. The molecule has 9 aromatic heterocycles. The minimum absolute atomic E-state index is 0.0264. The summed E-state index contributed by atoms with van der Waals surface area (Å²) in [5, 5.41) is 13.0. The number of fused-ring (bicyclic) bond motifs is 21. The molecule has 10 nitrogen and oxygen atoms in total. The van der Waals surface area contributed by atoms with E-state index in [4.69, 9.17) is 0 Å². The van der Waals surface area contributed by atoms with Gasteiger partial charge in [-0.1, -0.05) is 278 Å². The van der Waals surface area contributed by atoms with E-state index in [0.717, 1.165) is 0 Å². The van der Waals surface area contributed by atoms with Crippen LogP contribution in [0.1, 0.15) is 97.7 Å². The Morgan fingerprint density at radius 1 is 0.291 bits per heavy atom. The molecule has 0 amide bonds. The first kappa shape index (κ1) is 82.0. The van der Waals surface area contributed by atoms with Crippen molar-refractivity contribution in [3.8, 4) is 62.2 Å². The molecule has 0 N–H and O–H groups in total. The van der Waals surface area contributed by atoms with Crippen LogP contribution >= 0.6 is 0 Å². The van der Waals surface area contributed by atoms with E-state index in [2.05, 4.69) is 523 Å².